The Kier molecular flexibility index (Phi) is 4.95. The molecule has 1 unspecified atom stereocenters. The van der Waals surface area contributed by atoms with Crippen molar-refractivity contribution in [3.05, 3.63) is 49.8 Å². The SMILES string of the molecule is CC(CSc1nc2ccccc2s1)Cn1c(Br)nc2c1c(=O)[nH]c(=O)n2C. The number of H-pyrrole nitrogens is 1. The molecule has 10 heteroatoms. The quantitative estimate of drug-likeness (QED) is 0.361. The van der Waals surface area contributed by atoms with Gasteiger partial charge in [0.1, 0.15) is 0 Å². The Morgan fingerprint density at radius 2 is 2.07 bits per heavy atom. The number of nitrogens with one attached hydrogen (secondary N) is 1. The molecule has 0 bridgehead atoms. The van der Waals surface area contributed by atoms with E-state index in [9.17, 15) is 9.59 Å². The summed E-state index contributed by atoms with van der Waals surface area (Å²) in [6.45, 7) is 2.73. The fourth-order valence-corrected chi connectivity index (χ4v) is 5.46. The second-order valence-corrected chi connectivity index (χ2v) is 9.35. The third-order valence-electron chi connectivity index (χ3n) is 4.22. The molecule has 0 saturated carbocycles. The predicted octanol–water partition coefficient (Wildman–Crippen LogP) is 3.22. The Labute approximate surface area is 170 Å². The van der Waals surface area contributed by atoms with Crippen molar-refractivity contribution in [1.82, 2.24) is 24.1 Å². The first-order valence-corrected chi connectivity index (χ1v) is 10.9. The maximum atomic E-state index is 12.3. The van der Waals surface area contributed by atoms with Gasteiger partial charge >= 0.3 is 5.69 Å². The Bertz CT molecular complexity index is 1220. The zero-order chi connectivity index (χ0) is 19.1. The first-order chi connectivity index (χ1) is 12.9. The molecule has 27 heavy (non-hydrogen) atoms. The van der Waals surface area contributed by atoms with Crippen LogP contribution in [0.15, 0.2) is 42.9 Å². The normalized spacial score (nSPS) is 12.9. The third-order valence-corrected chi connectivity index (χ3v) is 7.33. The van der Waals surface area contributed by atoms with Crippen LogP contribution in [-0.4, -0.2) is 29.8 Å². The van der Waals surface area contributed by atoms with Crippen LogP contribution in [0.2, 0.25) is 0 Å². The van der Waals surface area contributed by atoms with E-state index in [-0.39, 0.29) is 5.92 Å². The molecule has 7 nitrogen and oxygen atoms in total. The number of para-hydroxylation sites is 1. The minimum absolute atomic E-state index is 0.271. The number of rotatable bonds is 5. The van der Waals surface area contributed by atoms with E-state index in [1.165, 1.54) is 9.27 Å². The molecule has 4 aromatic rings. The topological polar surface area (TPSA) is 85.6 Å². The van der Waals surface area contributed by atoms with Gasteiger partial charge < -0.3 is 4.57 Å². The first kappa shape index (κ1) is 18.5. The highest BCUT2D eigenvalue weighted by Gasteiger charge is 2.18. The van der Waals surface area contributed by atoms with Gasteiger partial charge in [0, 0.05) is 19.3 Å². The van der Waals surface area contributed by atoms with Crippen LogP contribution in [0, 0.1) is 5.92 Å². The van der Waals surface area contributed by atoms with E-state index < -0.39 is 11.2 Å². The summed E-state index contributed by atoms with van der Waals surface area (Å²) in [7, 11) is 1.59. The van der Waals surface area contributed by atoms with Crippen molar-refractivity contribution >= 4 is 60.4 Å². The lowest BCUT2D eigenvalue weighted by molar-refractivity contribution is 0.532. The van der Waals surface area contributed by atoms with Gasteiger partial charge in [0.15, 0.2) is 20.2 Å². The van der Waals surface area contributed by atoms with Gasteiger partial charge in [0.05, 0.1) is 10.2 Å². The molecule has 0 spiro atoms. The number of hydrogen-bond donors (Lipinski definition) is 1. The lowest BCUT2D eigenvalue weighted by Gasteiger charge is -2.12. The van der Waals surface area contributed by atoms with E-state index in [1.54, 1.807) is 30.1 Å². The van der Waals surface area contributed by atoms with Crippen molar-refractivity contribution in [2.45, 2.75) is 17.8 Å². The maximum Gasteiger partial charge on any atom is 0.329 e. The fourth-order valence-electron chi connectivity index (χ4n) is 2.87. The number of benzene rings is 1. The van der Waals surface area contributed by atoms with Crippen LogP contribution in [0.1, 0.15) is 6.92 Å². The Hall–Kier alpha value is -1.91. The van der Waals surface area contributed by atoms with Gasteiger partial charge in [-0.2, -0.15) is 0 Å². The van der Waals surface area contributed by atoms with Gasteiger partial charge in [-0.05, 0) is 34.0 Å². The van der Waals surface area contributed by atoms with Crippen LogP contribution < -0.4 is 11.2 Å². The van der Waals surface area contributed by atoms with Gasteiger partial charge in [-0.1, -0.05) is 30.8 Å². The molecule has 3 heterocycles. The second-order valence-electron chi connectivity index (χ2n) is 6.35. The molecule has 1 aromatic carbocycles. The first-order valence-electron chi connectivity index (χ1n) is 8.27. The molecule has 1 N–H and O–H groups in total. The van der Waals surface area contributed by atoms with Gasteiger partial charge in [-0.25, -0.2) is 14.8 Å². The van der Waals surface area contributed by atoms with E-state index in [4.69, 9.17) is 0 Å². The molecule has 0 amide bonds. The highest BCUT2D eigenvalue weighted by molar-refractivity contribution is 9.10. The number of aryl methyl sites for hydroxylation is 1. The van der Waals surface area contributed by atoms with Crippen LogP contribution in [0.25, 0.3) is 21.4 Å². The lowest BCUT2D eigenvalue weighted by atomic mass is 10.2. The van der Waals surface area contributed by atoms with Gasteiger partial charge in [0.25, 0.3) is 5.56 Å². The number of thiazole rings is 1. The highest BCUT2D eigenvalue weighted by Crippen LogP contribution is 2.31. The van der Waals surface area contributed by atoms with Crippen molar-refractivity contribution in [2.24, 2.45) is 13.0 Å². The molecule has 0 aliphatic carbocycles. The summed E-state index contributed by atoms with van der Waals surface area (Å²) in [5.74, 6) is 1.13. The van der Waals surface area contributed by atoms with Crippen LogP contribution in [0.3, 0.4) is 0 Å². The summed E-state index contributed by atoms with van der Waals surface area (Å²) in [6.07, 6.45) is 0. The molecular weight excluding hydrogens is 450 g/mol. The van der Waals surface area contributed by atoms with Crippen molar-refractivity contribution < 1.29 is 0 Å². The molecule has 0 aliphatic rings. The van der Waals surface area contributed by atoms with E-state index >= 15 is 0 Å². The molecule has 0 radical (unpaired) electrons. The summed E-state index contributed by atoms with van der Waals surface area (Å²) < 4.78 is 5.93. The Morgan fingerprint density at radius 1 is 1.30 bits per heavy atom. The molecule has 3 aromatic heterocycles. The summed E-state index contributed by atoms with van der Waals surface area (Å²) in [5.41, 5.74) is 0.914. The zero-order valence-electron chi connectivity index (χ0n) is 14.6. The van der Waals surface area contributed by atoms with Crippen LogP contribution in [0.5, 0.6) is 0 Å². The standard InChI is InChI=1S/C17H16BrN5O2S2/c1-9(8-26-17-19-10-5-3-4-6-11(10)27-17)7-23-12-13(20-15(23)18)22(2)16(25)21-14(12)24/h3-6,9H,7-8H2,1-2H3,(H,21,24,25). The van der Waals surface area contributed by atoms with Crippen molar-refractivity contribution in [2.75, 3.05) is 5.75 Å². The monoisotopic (exact) mass is 465 g/mol. The molecule has 1 atom stereocenters. The van der Waals surface area contributed by atoms with E-state index in [0.29, 0.717) is 22.4 Å². The van der Waals surface area contributed by atoms with Gasteiger partial charge in [-0.3, -0.25) is 14.3 Å². The average Bonchev–Trinajstić information content (AvgIpc) is 3.19. The lowest BCUT2D eigenvalue weighted by Crippen LogP contribution is -2.29. The van der Waals surface area contributed by atoms with E-state index in [2.05, 4.69) is 43.9 Å². The molecule has 0 fully saturated rings. The number of aromatic amines is 1. The third kappa shape index (κ3) is 3.48. The number of hydrogen-bond acceptors (Lipinski definition) is 6. The number of fused-ring (bicyclic) bond motifs is 2. The summed E-state index contributed by atoms with van der Waals surface area (Å²) in [4.78, 5) is 35.4. The number of nitrogens with zero attached hydrogens (tertiary/aromatic N) is 4. The second kappa shape index (κ2) is 7.25. The molecule has 4 rings (SSSR count). The maximum absolute atomic E-state index is 12.3. The Morgan fingerprint density at radius 3 is 2.85 bits per heavy atom. The number of thioether (sulfide) groups is 1. The molecule has 0 saturated heterocycles. The van der Waals surface area contributed by atoms with E-state index in [1.807, 2.05) is 22.8 Å². The zero-order valence-corrected chi connectivity index (χ0v) is 17.8. The molecule has 140 valence electrons. The fraction of sp³-hybridized carbons (Fsp3) is 0.294. The minimum atomic E-state index is -0.468. The highest BCUT2D eigenvalue weighted by atomic mass is 79.9. The number of imidazole rings is 1. The van der Waals surface area contributed by atoms with Gasteiger partial charge in [0.2, 0.25) is 0 Å². The largest absolute Gasteiger partial charge is 0.329 e. The van der Waals surface area contributed by atoms with Crippen LogP contribution >= 0.6 is 39.0 Å². The smallest absolute Gasteiger partial charge is 0.312 e. The van der Waals surface area contributed by atoms with E-state index in [0.717, 1.165) is 15.6 Å². The van der Waals surface area contributed by atoms with Gasteiger partial charge in [-0.15, -0.1) is 11.3 Å². The minimum Gasteiger partial charge on any atom is -0.312 e. The van der Waals surface area contributed by atoms with Crippen LogP contribution in [-0.2, 0) is 13.6 Å². The van der Waals surface area contributed by atoms with Crippen molar-refractivity contribution in [1.29, 1.82) is 0 Å². The number of aromatic nitrogens is 5. The Balaban J connectivity index is 1.55. The number of halogens is 1. The summed E-state index contributed by atoms with van der Waals surface area (Å²) in [6, 6.07) is 8.10. The molecule has 0 aliphatic heterocycles. The average molecular weight is 466 g/mol. The van der Waals surface area contributed by atoms with Crippen molar-refractivity contribution in [3.8, 4) is 0 Å². The summed E-state index contributed by atoms with van der Waals surface area (Å²) >= 11 is 6.82. The molecular formula is C17H16BrN5O2S2. The van der Waals surface area contributed by atoms with Crippen LogP contribution in [0.4, 0.5) is 0 Å². The van der Waals surface area contributed by atoms with Crippen molar-refractivity contribution in [3.63, 3.8) is 0 Å². The predicted molar refractivity (Wildman–Crippen MR) is 113 cm³/mol. The summed E-state index contributed by atoms with van der Waals surface area (Å²) in [5, 5.41) is 0.